The molecule has 1 fully saturated rings. The van der Waals surface area contributed by atoms with E-state index >= 15 is 8.78 Å². The Labute approximate surface area is 296 Å². The monoisotopic (exact) mass is 742 g/mol. The van der Waals surface area contributed by atoms with Crippen molar-refractivity contribution in [1.82, 2.24) is 9.47 Å². The van der Waals surface area contributed by atoms with Gasteiger partial charge in [-0.25, -0.2) is 8.78 Å². The first-order valence-electron chi connectivity index (χ1n) is 17.1. The van der Waals surface area contributed by atoms with Crippen LogP contribution in [0.1, 0.15) is 96.9 Å². The van der Waals surface area contributed by atoms with Crippen molar-refractivity contribution in [2.45, 2.75) is 97.5 Å². The first kappa shape index (κ1) is 40.7. The van der Waals surface area contributed by atoms with Crippen LogP contribution in [0.2, 0.25) is 0 Å². The van der Waals surface area contributed by atoms with Crippen LogP contribution in [0.25, 0.3) is 11.1 Å². The molecule has 284 valence electrons. The molecule has 0 aliphatic carbocycles. The molecule has 1 aromatic heterocycles. The van der Waals surface area contributed by atoms with E-state index in [0.29, 0.717) is 36.2 Å². The largest absolute Gasteiger partial charge is 0.481 e. The molecule has 14 heteroatoms. The van der Waals surface area contributed by atoms with E-state index in [1.807, 2.05) is 0 Å². The zero-order chi connectivity index (χ0) is 38.9. The fraction of sp³-hybridized carbons (Fsp3) is 0.500. The molecule has 2 aromatic carbocycles. The van der Waals surface area contributed by atoms with Crippen molar-refractivity contribution in [2.24, 2.45) is 5.92 Å². The predicted octanol–water partition coefficient (Wildman–Crippen LogP) is 9.20. The van der Waals surface area contributed by atoms with Crippen LogP contribution in [0.3, 0.4) is 0 Å². The average Bonchev–Trinajstić information content (AvgIpc) is 2.96. The summed E-state index contributed by atoms with van der Waals surface area (Å²) in [5.41, 5.74) is -4.86. The number of hydrogen-bond donors (Lipinski definition) is 1. The topological polar surface area (TPSA) is 79.6 Å². The third-order valence-electron chi connectivity index (χ3n) is 9.50. The van der Waals surface area contributed by atoms with E-state index in [9.17, 15) is 45.8 Å². The molecule has 0 radical (unpaired) electrons. The number of nitrogens with zero attached hydrogens (tertiary/aromatic N) is 2. The molecule has 0 bridgehead atoms. The van der Waals surface area contributed by atoms with Gasteiger partial charge in [0.2, 0.25) is 0 Å². The SMILES string of the molecule is Cc1cc(C)c(-c2cc(C(F)(F)F)c(F)c([C@H](CC(=O)O)CC(=O)C(CC(C)C)n3cc(CCCN4CCC4)c(C(F)(F)F)cc3=O)c2F)c(C)c1. The van der Waals surface area contributed by atoms with Gasteiger partial charge in [0.05, 0.1) is 23.6 Å². The van der Waals surface area contributed by atoms with E-state index in [1.165, 1.54) is 13.8 Å². The second-order valence-corrected chi connectivity index (χ2v) is 14.1. The lowest BCUT2D eigenvalue weighted by Gasteiger charge is -2.30. The number of benzene rings is 2. The van der Waals surface area contributed by atoms with Crippen LogP contribution in [0, 0.1) is 38.3 Å². The Morgan fingerprint density at radius 1 is 0.865 bits per heavy atom. The number of aryl methyl sites for hydroxylation is 4. The second-order valence-electron chi connectivity index (χ2n) is 14.1. The zero-order valence-corrected chi connectivity index (χ0v) is 29.6. The average molecular weight is 743 g/mol. The van der Waals surface area contributed by atoms with Gasteiger partial charge < -0.3 is 14.6 Å². The van der Waals surface area contributed by atoms with Crippen molar-refractivity contribution in [2.75, 3.05) is 19.6 Å². The van der Waals surface area contributed by atoms with Gasteiger partial charge in [-0.15, -0.1) is 0 Å². The van der Waals surface area contributed by atoms with Crippen molar-refractivity contribution in [1.29, 1.82) is 0 Å². The van der Waals surface area contributed by atoms with E-state index in [2.05, 4.69) is 4.90 Å². The number of halogens is 8. The lowest BCUT2D eigenvalue weighted by atomic mass is 9.82. The number of hydrogen-bond acceptors (Lipinski definition) is 4. The number of ketones is 1. The molecule has 1 saturated heterocycles. The van der Waals surface area contributed by atoms with E-state index in [0.717, 1.165) is 35.8 Å². The number of likely N-dealkylation sites (tertiary alicyclic amines) is 1. The van der Waals surface area contributed by atoms with E-state index in [1.54, 1.807) is 32.9 Å². The van der Waals surface area contributed by atoms with Gasteiger partial charge in [-0.3, -0.25) is 14.4 Å². The minimum Gasteiger partial charge on any atom is -0.481 e. The minimum absolute atomic E-state index is 0.0332. The summed E-state index contributed by atoms with van der Waals surface area (Å²) in [4.78, 5) is 41.4. The summed E-state index contributed by atoms with van der Waals surface area (Å²) in [7, 11) is 0. The fourth-order valence-corrected chi connectivity index (χ4v) is 7.12. The molecule has 52 heavy (non-hydrogen) atoms. The van der Waals surface area contributed by atoms with Crippen LogP contribution in [-0.2, 0) is 28.4 Å². The number of aromatic nitrogens is 1. The molecule has 2 heterocycles. The Hall–Kier alpha value is -4.07. The van der Waals surface area contributed by atoms with E-state index in [-0.39, 0.29) is 29.9 Å². The predicted molar refractivity (Wildman–Crippen MR) is 179 cm³/mol. The summed E-state index contributed by atoms with van der Waals surface area (Å²) < 4.78 is 118. The van der Waals surface area contributed by atoms with Gasteiger partial charge in [-0.1, -0.05) is 31.5 Å². The first-order chi connectivity index (χ1) is 24.1. The molecule has 1 N–H and O–H groups in total. The van der Waals surface area contributed by atoms with Crippen LogP contribution < -0.4 is 5.56 Å². The summed E-state index contributed by atoms with van der Waals surface area (Å²) in [6, 6.07) is 2.38. The standard InChI is InChI=1S/C38H42F8N2O4/c1-20(2)12-29(48-19-24(8-6-9-47-10-7-11-47)27(18-31(48)50)37(41,42)43)30(49)15-25(16-32(51)52)34-35(39)26(17-28(36(34)40)38(44,45)46)33-22(4)13-21(3)14-23(33)5/h13-14,17-20,25,29H,6-12,15-16H2,1-5H3,(H,51,52)/t25-,29?/m0/s1. The second kappa shape index (κ2) is 15.9. The maximum absolute atomic E-state index is 16.5. The van der Waals surface area contributed by atoms with Gasteiger partial charge in [0.1, 0.15) is 11.6 Å². The number of Topliss-reactive ketones (excluding diaryl/α,β-unsaturated/α-hetero) is 1. The van der Waals surface area contributed by atoms with Gasteiger partial charge >= 0.3 is 18.3 Å². The molecule has 0 amide bonds. The van der Waals surface area contributed by atoms with Crippen LogP contribution in [0.15, 0.2) is 35.3 Å². The van der Waals surface area contributed by atoms with Crippen LogP contribution in [0.4, 0.5) is 35.1 Å². The van der Waals surface area contributed by atoms with Gasteiger partial charge in [0.15, 0.2) is 5.78 Å². The highest BCUT2D eigenvalue weighted by Crippen LogP contribution is 2.44. The number of alkyl halides is 6. The van der Waals surface area contributed by atoms with Gasteiger partial charge in [-0.2, -0.15) is 26.3 Å². The molecule has 1 unspecified atom stereocenters. The molecule has 0 saturated carbocycles. The summed E-state index contributed by atoms with van der Waals surface area (Å²) in [5.74, 6) is -8.54. The summed E-state index contributed by atoms with van der Waals surface area (Å²) in [5, 5.41) is 9.76. The normalized spacial score (nSPS) is 15.1. The number of pyridine rings is 1. The molecular formula is C38H42F8N2O4. The Morgan fingerprint density at radius 2 is 1.46 bits per heavy atom. The lowest BCUT2D eigenvalue weighted by Crippen LogP contribution is -2.38. The van der Waals surface area contributed by atoms with Crippen LogP contribution in [-0.4, -0.2) is 46.0 Å². The van der Waals surface area contributed by atoms with Gasteiger partial charge in [0.25, 0.3) is 5.56 Å². The molecule has 4 rings (SSSR count). The third kappa shape index (κ3) is 9.28. The van der Waals surface area contributed by atoms with Gasteiger partial charge in [0, 0.05) is 35.7 Å². The smallest absolute Gasteiger partial charge is 0.419 e. The number of aliphatic carboxylic acids is 1. The number of carboxylic acid groups (broad SMARTS) is 1. The third-order valence-corrected chi connectivity index (χ3v) is 9.50. The molecule has 1 aliphatic heterocycles. The highest BCUT2D eigenvalue weighted by atomic mass is 19.4. The van der Waals surface area contributed by atoms with Crippen molar-refractivity contribution in [3.05, 3.63) is 91.4 Å². The van der Waals surface area contributed by atoms with Crippen LogP contribution >= 0.6 is 0 Å². The highest BCUT2D eigenvalue weighted by molar-refractivity contribution is 5.84. The minimum atomic E-state index is -5.34. The Morgan fingerprint density at radius 3 is 1.96 bits per heavy atom. The van der Waals surface area contributed by atoms with E-state index in [4.69, 9.17) is 0 Å². The molecule has 1 aliphatic rings. The number of carbonyl (C=O) groups excluding carboxylic acids is 1. The van der Waals surface area contributed by atoms with Gasteiger partial charge in [-0.05, 0) is 100 Å². The molecule has 3 aromatic rings. The highest BCUT2D eigenvalue weighted by Gasteiger charge is 2.41. The lowest BCUT2D eigenvalue weighted by molar-refractivity contribution is -0.140. The number of carbonyl (C=O) groups is 2. The summed E-state index contributed by atoms with van der Waals surface area (Å²) in [6.45, 7) is 10.2. The number of carboxylic acids is 1. The van der Waals surface area contributed by atoms with Crippen molar-refractivity contribution >= 4 is 11.8 Å². The maximum atomic E-state index is 16.5. The number of rotatable bonds is 14. The molecule has 6 nitrogen and oxygen atoms in total. The summed E-state index contributed by atoms with van der Waals surface area (Å²) >= 11 is 0. The molecule has 0 spiro atoms. The van der Waals surface area contributed by atoms with E-state index < -0.39 is 88.4 Å². The van der Waals surface area contributed by atoms with Crippen molar-refractivity contribution < 1.29 is 49.8 Å². The Bertz CT molecular complexity index is 1850. The molecule has 2 atom stereocenters. The summed E-state index contributed by atoms with van der Waals surface area (Å²) in [6.07, 6.45) is -10.4. The quantitative estimate of drug-likeness (QED) is 0.167. The molecular weight excluding hydrogens is 700 g/mol. The zero-order valence-electron chi connectivity index (χ0n) is 29.6. The van der Waals surface area contributed by atoms with Crippen molar-refractivity contribution in [3.8, 4) is 11.1 Å². The maximum Gasteiger partial charge on any atom is 0.419 e. The Kier molecular flexibility index (Phi) is 12.4. The first-order valence-corrected chi connectivity index (χ1v) is 17.1. The van der Waals surface area contributed by atoms with Crippen LogP contribution in [0.5, 0.6) is 0 Å². The Balaban J connectivity index is 1.86. The fourth-order valence-electron chi connectivity index (χ4n) is 7.12. The van der Waals surface area contributed by atoms with Crippen molar-refractivity contribution in [3.63, 3.8) is 0 Å².